The van der Waals surface area contributed by atoms with Crippen LogP contribution in [-0.4, -0.2) is 27.5 Å². The maximum Gasteiger partial charge on any atom is 0.442 e. The lowest BCUT2D eigenvalue weighted by molar-refractivity contribution is -0.704. The molecule has 138 valence electrons. The van der Waals surface area contributed by atoms with Gasteiger partial charge in [0.15, 0.2) is 0 Å². The van der Waals surface area contributed by atoms with Crippen molar-refractivity contribution in [1.82, 2.24) is 5.27 Å². The molecule has 0 aliphatic rings. The van der Waals surface area contributed by atoms with Crippen molar-refractivity contribution in [2.24, 2.45) is 0 Å². The number of aromatic carboxylic acids is 1. The molecular weight excluding hydrogens is 370 g/mol. The molecule has 0 aliphatic heterocycles. The summed E-state index contributed by atoms with van der Waals surface area (Å²) in [5, 5.41) is 13.8. The molecule has 0 spiro atoms. The van der Waals surface area contributed by atoms with Gasteiger partial charge < -0.3 is 10.4 Å². The number of hydrogen-bond donors (Lipinski definition) is 3. The zero-order chi connectivity index (χ0) is 19.4. The monoisotopic (exact) mass is 386 g/mol. The number of hydrogen-bond acceptors (Lipinski definition) is 5. The summed E-state index contributed by atoms with van der Waals surface area (Å²) < 4.78 is 6.32. The van der Waals surface area contributed by atoms with Gasteiger partial charge in [0.2, 0.25) is 11.6 Å². The topological polar surface area (TPSA) is 116 Å². The lowest BCUT2D eigenvalue weighted by atomic mass is 10.2. The summed E-state index contributed by atoms with van der Waals surface area (Å²) >= 11 is 1.03. The van der Waals surface area contributed by atoms with Crippen molar-refractivity contribution < 1.29 is 23.9 Å². The van der Waals surface area contributed by atoms with E-state index in [2.05, 4.69) is 10.6 Å². The number of anilines is 1. The Morgan fingerprint density at radius 1 is 1.19 bits per heavy atom. The molecule has 0 bridgehead atoms. The minimum atomic E-state index is -1.08. The predicted octanol–water partition coefficient (Wildman–Crippen LogP) is 2.06. The van der Waals surface area contributed by atoms with E-state index < -0.39 is 16.8 Å². The van der Waals surface area contributed by atoms with Crippen molar-refractivity contribution in [2.75, 3.05) is 5.32 Å². The van der Waals surface area contributed by atoms with Crippen LogP contribution in [0.1, 0.15) is 17.3 Å². The number of aromatic nitrogens is 2. The molecule has 1 aromatic heterocycles. The number of nitrogens with one attached hydrogen (secondary N) is 2. The Labute approximate surface area is 157 Å². The lowest BCUT2D eigenvalue weighted by Crippen LogP contribution is -2.37. The van der Waals surface area contributed by atoms with E-state index in [9.17, 15) is 14.4 Å². The number of benzene rings is 2. The molecular formula is C18H16N3O5S+. The summed E-state index contributed by atoms with van der Waals surface area (Å²) in [4.78, 5) is 35.5. The standard InChI is InChI=1S/C18H15N3O5S/c1-11(15(22)19-13-7-5-6-12(10-13)17(23)24)27-16-18(25)26-20-21(16)14-8-3-2-4-9-14/h2-11H,1H3,(H2-,19,20,22,23,24,25)/p+1. The van der Waals surface area contributed by atoms with Gasteiger partial charge in [-0.25, -0.2) is 9.59 Å². The molecule has 1 heterocycles. The minimum Gasteiger partial charge on any atom is -0.478 e. The molecule has 0 radical (unpaired) electrons. The van der Waals surface area contributed by atoms with Crippen molar-refractivity contribution in [3.63, 3.8) is 0 Å². The summed E-state index contributed by atoms with van der Waals surface area (Å²) in [6.07, 6.45) is 0. The molecule has 3 aromatic rings. The Hall–Kier alpha value is -3.33. The van der Waals surface area contributed by atoms with E-state index in [1.165, 1.54) is 16.8 Å². The minimum absolute atomic E-state index is 0.0707. The summed E-state index contributed by atoms with van der Waals surface area (Å²) in [7, 11) is 0. The van der Waals surface area contributed by atoms with Gasteiger partial charge in [0.05, 0.1) is 10.8 Å². The molecule has 9 heteroatoms. The quantitative estimate of drug-likeness (QED) is 0.441. The smallest absolute Gasteiger partial charge is 0.442 e. The number of carboxylic acid groups (broad SMARTS) is 1. The van der Waals surface area contributed by atoms with Crippen molar-refractivity contribution in [3.8, 4) is 5.69 Å². The van der Waals surface area contributed by atoms with Gasteiger partial charge in [-0.2, -0.15) is 0 Å². The third-order valence-electron chi connectivity index (χ3n) is 3.66. The second-order valence-electron chi connectivity index (χ2n) is 5.59. The highest BCUT2D eigenvalue weighted by Crippen LogP contribution is 2.20. The molecule has 0 saturated carbocycles. The fraction of sp³-hybridized carbons (Fsp3) is 0.111. The maximum absolute atomic E-state index is 12.4. The molecule has 8 nitrogen and oxygen atoms in total. The first-order valence-corrected chi connectivity index (χ1v) is 8.83. The number of para-hydroxylation sites is 1. The van der Waals surface area contributed by atoms with Crippen LogP contribution in [0.15, 0.2) is 68.9 Å². The second kappa shape index (κ2) is 7.92. The van der Waals surface area contributed by atoms with Crippen LogP contribution in [-0.2, 0) is 4.79 Å². The number of rotatable bonds is 6. The van der Waals surface area contributed by atoms with Crippen molar-refractivity contribution in [2.45, 2.75) is 17.2 Å². The third kappa shape index (κ3) is 4.26. The van der Waals surface area contributed by atoms with Gasteiger partial charge in [0.1, 0.15) is 0 Å². The molecule has 1 unspecified atom stereocenters. The normalized spacial score (nSPS) is 11.7. The Kier molecular flexibility index (Phi) is 5.41. The number of thioether (sulfide) groups is 1. The number of nitrogens with zero attached hydrogens (tertiary/aromatic N) is 1. The number of H-pyrrole nitrogens is 1. The number of amides is 1. The first kappa shape index (κ1) is 18.5. The van der Waals surface area contributed by atoms with Crippen LogP contribution in [0.5, 0.6) is 0 Å². The molecule has 1 amide bonds. The number of aromatic amines is 1. The fourth-order valence-electron chi connectivity index (χ4n) is 2.31. The third-order valence-corrected chi connectivity index (χ3v) is 4.80. The maximum atomic E-state index is 12.4. The molecule has 2 aromatic carbocycles. The van der Waals surface area contributed by atoms with Gasteiger partial charge in [-0.3, -0.25) is 9.32 Å². The molecule has 0 aliphatic carbocycles. The van der Waals surface area contributed by atoms with Gasteiger partial charge in [0, 0.05) is 17.8 Å². The second-order valence-corrected chi connectivity index (χ2v) is 6.92. The van der Waals surface area contributed by atoms with Gasteiger partial charge in [-0.15, -0.1) is 0 Å². The van der Waals surface area contributed by atoms with E-state index in [-0.39, 0.29) is 16.5 Å². The fourth-order valence-corrected chi connectivity index (χ4v) is 3.19. The molecule has 1 atom stereocenters. The van der Waals surface area contributed by atoms with E-state index in [1.807, 2.05) is 18.2 Å². The zero-order valence-corrected chi connectivity index (χ0v) is 15.0. The van der Waals surface area contributed by atoms with Crippen LogP contribution in [0.4, 0.5) is 5.69 Å². The molecule has 3 N–H and O–H groups in total. The summed E-state index contributed by atoms with van der Waals surface area (Å²) in [6, 6.07) is 15.0. The van der Waals surface area contributed by atoms with E-state index in [0.29, 0.717) is 11.4 Å². The number of carboxylic acids is 1. The Morgan fingerprint density at radius 3 is 2.63 bits per heavy atom. The first-order valence-electron chi connectivity index (χ1n) is 7.95. The lowest BCUT2D eigenvalue weighted by Gasteiger charge is -2.09. The summed E-state index contributed by atoms with van der Waals surface area (Å²) in [5.41, 5.74) is 0.537. The summed E-state index contributed by atoms with van der Waals surface area (Å²) in [5.74, 6) is -1.45. The van der Waals surface area contributed by atoms with E-state index in [1.54, 1.807) is 31.2 Å². The largest absolute Gasteiger partial charge is 0.478 e. The van der Waals surface area contributed by atoms with Crippen molar-refractivity contribution >= 4 is 29.3 Å². The first-order chi connectivity index (χ1) is 13.0. The zero-order valence-electron chi connectivity index (χ0n) is 14.2. The predicted molar refractivity (Wildman–Crippen MR) is 98.2 cm³/mol. The number of carbonyl (C=O) groups excluding carboxylic acids is 1. The van der Waals surface area contributed by atoms with Gasteiger partial charge >= 0.3 is 16.6 Å². The van der Waals surface area contributed by atoms with Gasteiger partial charge in [0.25, 0.3) is 0 Å². The Morgan fingerprint density at radius 2 is 1.93 bits per heavy atom. The molecule has 27 heavy (non-hydrogen) atoms. The van der Waals surface area contributed by atoms with Gasteiger partial charge in [-0.1, -0.05) is 24.3 Å². The highest BCUT2D eigenvalue weighted by molar-refractivity contribution is 8.00. The highest BCUT2D eigenvalue weighted by Gasteiger charge is 2.28. The summed E-state index contributed by atoms with van der Waals surface area (Å²) in [6.45, 7) is 1.64. The number of carbonyl (C=O) groups is 2. The van der Waals surface area contributed by atoms with E-state index in [4.69, 9.17) is 9.63 Å². The SMILES string of the molecule is CC(Sc1c(=O)o[nH][n+]1-c1ccccc1)C(=O)Nc1cccc(C(=O)O)c1. The van der Waals surface area contributed by atoms with Crippen LogP contribution >= 0.6 is 11.8 Å². The van der Waals surface area contributed by atoms with Crippen LogP contribution in [0.2, 0.25) is 0 Å². The van der Waals surface area contributed by atoms with Crippen molar-refractivity contribution in [1.29, 1.82) is 0 Å². The van der Waals surface area contributed by atoms with Gasteiger partial charge in [-0.05, 0) is 46.8 Å². The van der Waals surface area contributed by atoms with Crippen LogP contribution < -0.4 is 15.6 Å². The van der Waals surface area contributed by atoms with Crippen molar-refractivity contribution in [3.05, 3.63) is 70.6 Å². The Balaban J connectivity index is 1.76. The Bertz CT molecular complexity index is 1030. The van der Waals surface area contributed by atoms with E-state index >= 15 is 0 Å². The molecule has 3 rings (SSSR count). The average Bonchev–Trinajstić information content (AvgIpc) is 3.03. The highest BCUT2D eigenvalue weighted by atomic mass is 32.2. The molecule has 0 fully saturated rings. The van der Waals surface area contributed by atoms with Crippen LogP contribution in [0.25, 0.3) is 5.69 Å². The molecule has 0 saturated heterocycles. The average molecular weight is 386 g/mol. The van der Waals surface area contributed by atoms with Crippen LogP contribution in [0, 0.1) is 0 Å². The van der Waals surface area contributed by atoms with E-state index in [0.717, 1.165) is 11.8 Å². The van der Waals surface area contributed by atoms with Crippen LogP contribution in [0.3, 0.4) is 0 Å².